The lowest BCUT2D eigenvalue weighted by molar-refractivity contribution is 0.0945. The molecule has 3 aromatic carbocycles. The van der Waals surface area contributed by atoms with Crippen LogP contribution in [0.4, 0.5) is 5.69 Å². The fraction of sp³-hybridized carbons (Fsp3) is 0.179. The van der Waals surface area contributed by atoms with Gasteiger partial charge < -0.3 is 10.4 Å². The molecule has 168 valence electrons. The van der Waals surface area contributed by atoms with Crippen molar-refractivity contribution >= 4 is 27.5 Å². The van der Waals surface area contributed by atoms with Gasteiger partial charge in [0, 0.05) is 29.1 Å². The van der Waals surface area contributed by atoms with E-state index in [9.17, 15) is 10.4 Å². The Hall–Kier alpha value is -4.21. The minimum atomic E-state index is -0.902. The number of aromatic nitrogens is 3. The zero-order valence-electron chi connectivity index (χ0n) is 19.4. The van der Waals surface area contributed by atoms with Crippen molar-refractivity contribution in [1.29, 1.82) is 5.26 Å². The minimum Gasteiger partial charge on any atom is -0.389 e. The molecule has 2 heterocycles. The molecule has 6 heteroatoms. The van der Waals surface area contributed by atoms with E-state index in [1.807, 2.05) is 54.2 Å². The summed E-state index contributed by atoms with van der Waals surface area (Å²) in [5, 5.41) is 29.9. The van der Waals surface area contributed by atoms with Crippen LogP contribution >= 0.6 is 0 Å². The molecule has 0 aliphatic rings. The Labute approximate surface area is 198 Å². The number of hydrogen-bond acceptors (Lipinski definition) is 5. The average molecular weight is 448 g/mol. The van der Waals surface area contributed by atoms with Gasteiger partial charge in [0.2, 0.25) is 0 Å². The lowest BCUT2D eigenvalue weighted by Gasteiger charge is -2.19. The first kappa shape index (κ1) is 21.6. The van der Waals surface area contributed by atoms with Gasteiger partial charge in [0.15, 0.2) is 0 Å². The lowest BCUT2D eigenvalue weighted by Crippen LogP contribution is -2.29. The fourth-order valence-electron chi connectivity index (χ4n) is 4.23. The summed E-state index contributed by atoms with van der Waals surface area (Å²) in [5.74, 6) is 0. The van der Waals surface area contributed by atoms with Gasteiger partial charge in [-0.2, -0.15) is 10.4 Å². The summed E-state index contributed by atoms with van der Waals surface area (Å²) in [5.41, 5.74) is 6.09. The number of pyridine rings is 1. The van der Waals surface area contributed by atoms with E-state index >= 15 is 0 Å². The van der Waals surface area contributed by atoms with Crippen molar-refractivity contribution < 1.29 is 5.11 Å². The van der Waals surface area contributed by atoms with Crippen molar-refractivity contribution in [2.45, 2.75) is 26.4 Å². The molecule has 0 aliphatic heterocycles. The van der Waals surface area contributed by atoms with Crippen LogP contribution in [0.1, 0.15) is 25.1 Å². The fourth-order valence-corrected chi connectivity index (χ4v) is 4.23. The van der Waals surface area contributed by atoms with Crippen molar-refractivity contribution in [2.24, 2.45) is 0 Å². The number of aryl methyl sites for hydroxylation is 1. The van der Waals surface area contributed by atoms with E-state index in [-0.39, 0.29) is 0 Å². The number of anilines is 1. The van der Waals surface area contributed by atoms with E-state index in [2.05, 4.69) is 40.6 Å². The van der Waals surface area contributed by atoms with Crippen LogP contribution in [0.15, 0.2) is 72.9 Å². The Bertz CT molecular complexity index is 1570. The predicted molar refractivity (Wildman–Crippen MR) is 136 cm³/mol. The van der Waals surface area contributed by atoms with Gasteiger partial charge in [-0.05, 0) is 62.7 Å². The molecule has 0 amide bonds. The van der Waals surface area contributed by atoms with Crippen LogP contribution in [0, 0.1) is 18.3 Å². The first-order valence-electron chi connectivity index (χ1n) is 11.2. The number of nitrogens with zero attached hydrogens (tertiary/aromatic N) is 4. The highest BCUT2D eigenvalue weighted by Gasteiger charge is 2.17. The Morgan fingerprint density at radius 3 is 2.68 bits per heavy atom. The number of para-hydroxylation sites is 1. The van der Waals surface area contributed by atoms with Gasteiger partial charge >= 0.3 is 0 Å². The molecule has 5 rings (SSSR count). The second kappa shape index (κ2) is 8.29. The molecular formula is C28H25N5O. The first-order valence-corrected chi connectivity index (χ1v) is 11.2. The monoisotopic (exact) mass is 447 g/mol. The second-order valence-corrected chi connectivity index (χ2v) is 9.12. The predicted octanol–water partition coefficient (Wildman–Crippen LogP) is 5.60. The third kappa shape index (κ3) is 3.98. The molecule has 0 radical (unpaired) electrons. The number of benzene rings is 3. The quantitative estimate of drug-likeness (QED) is 0.366. The standard InChI is InChI=1S/C28H25N5O/c1-18-27-23(21-13-19-7-4-5-9-24(19)30-16-21)8-6-10-26(27)33(32-18)22-12-11-20(15-29)25(14-22)31-17-28(2,3)34/h4-14,16,31,34H,17H2,1-3H3. The number of rotatable bonds is 5. The van der Waals surface area contributed by atoms with Crippen molar-refractivity contribution in [1.82, 2.24) is 14.8 Å². The molecule has 0 unspecified atom stereocenters. The van der Waals surface area contributed by atoms with Crippen LogP contribution in [-0.2, 0) is 0 Å². The molecule has 0 atom stereocenters. The van der Waals surface area contributed by atoms with Crippen molar-refractivity contribution in [3.63, 3.8) is 0 Å². The summed E-state index contributed by atoms with van der Waals surface area (Å²) in [6.07, 6.45) is 1.91. The number of nitrogens with one attached hydrogen (secondary N) is 1. The molecule has 0 saturated carbocycles. The molecule has 6 nitrogen and oxygen atoms in total. The lowest BCUT2D eigenvalue weighted by atomic mass is 10.0. The van der Waals surface area contributed by atoms with Gasteiger partial charge in [0.05, 0.1) is 39.3 Å². The second-order valence-electron chi connectivity index (χ2n) is 9.12. The summed E-state index contributed by atoms with van der Waals surface area (Å²) in [6, 6.07) is 24.2. The molecule has 0 spiro atoms. The largest absolute Gasteiger partial charge is 0.389 e. The molecule has 0 bridgehead atoms. The number of fused-ring (bicyclic) bond motifs is 2. The maximum absolute atomic E-state index is 10.1. The van der Waals surface area contributed by atoms with Crippen LogP contribution in [0.2, 0.25) is 0 Å². The molecule has 0 saturated heterocycles. The molecule has 0 fully saturated rings. The number of aliphatic hydroxyl groups is 1. The Balaban J connectivity index is 1.63. The van der Waals surface area contributed by atoms with Gasteiger partial charge in [-0.1, -0.05) is 30.3 Å². The summed E-state index contributed by atoms with van der Waals surface area (Å²) >= 11 is 0. The molecule has 2 aromatic heterocycles. The molecule has 5 aromatic rings. The van der Waals surface area contributed by atoms with Crippen molar-refractivity contribution in [3.05, 3.63) is 84.2 Å². The van der Waals surface area contributed by atoms with Crippen molar-refractivity contribution in [2.75, 3.05) is 11.9 Å². The molecule has 0 aliphatic carbocycles. The molecule has 34 heavy (non-hydrogen) atoms. The van der Waals surface area contributed by atoms with Gasteiger partial charge in [-0.15, -0.1) is 0 Å². The average Bonchev–Trinajstić information content (AvgIpc) is 3.18. The highest BCUT2D eigenvalue weighted by molar-refractivity contribution is 5.99. The topological polar surface area (TPSA) is 86.8 Å². The zero-order valence-corrected chi connectivity index (χ0v) is 19.4. The van der Waals surface area contributed by atoms with Gasteiger partial charge in [-0.25, -0.2) is 4.68 Å². The third-order valence-electron chi connectivity index (χ3n) is 5.86. The first-order chi connectivity index (χ1) is 16.3. The Kier molecular flexibility index (Phi) is 5.27. The maximum atomic E-state index is 10.1. The smallest absolute Gasteiger partial charge is 0.101 e. The van der Waals surface area contributed by atoms with E-state index in [0.29, 0.717) is 17.8 Å². The summed E-state index contributed by atoms with van der Waals surface area (Å²) < 4.78 is 1.90. The van der Waals surface area contributed by atoms with Crippen LogP contribution < -0.4 is 5.32 Å². The van der Waals surface area contributed by atoms with E-state index in [4.69, 9.17) is 5.10 Å². The highest BCUT2D eigenvalue weighted by atomic mass is 16.3. The number of nitriles is 1. The molecule has 2 N–H and O–H groups in total. The van der Waals surface area contributed by atoms with E-state index in [0.717, 1.165) is 44.3 Å². The zero-order chi connectivity index (χ0) is 23.9. The molecular weight excluding hydrogens is 422 g/mol. The minimum absolute atomic E-state index is 0.323. The van der Waals surface area contributed by atoms with Crippen molar-refractivity contribution in [3.8, 4) is 22.9 Å². The van der Waals surface area contributed by atoms with E-state index in [1.165, 1.54) is 0 Å². The van der Waals surface area contributed by atoms with Gasteiger partial charge in [-0.3, -0.25) is 4.98 Å². The SMILES string of the molecule is Cc1nn(-c2ccc(C#N)c(NCC(C)(C)O)c2)c2cccc(-c3cnc4ccccc4c3)c12. The van der Waals surface area contributed by atoms with E-state index < -0.39 is 5.60 Å². The van der Waals surface area contributed by atoms with Crippen LogP contribution in [0.3, 0.4) is 0 Å². The Morgan fingerprint density at radius 2 is 1.88 bits per heavy atom. The highest BCUT2D eigenvalue weighted by Crippen LogP contribution is 2.34. The maximum Gasteiger partial charge on any atom is 0.101 e. The van der Waals surface area contributed by atoms with Crippen LogP contribution in [0.25, 0.3) is 38.6 Å². The number of hydrogen-bond donors (Lipinski definition) is 2. The van der Waals surface area contributed by atoms with Gasteiger partial charge in [0.25, 0.3) is 0 Å². The van der Waals surface area contributed by atoms with Crippen LogP contribution in [0.5, 0.6) is 0 Å². The summed E-state index contributed by atoms with van der Waals surface area (Å²) in [4.78, 5) is 4.64. The Morgan fingerprint density at radius 1 is 1.06 bits per heavy atom. The van der Waals surface area contributed by atoms with E-state index in [1.54, 1.807) is 19.9 Å². The normalized spacial score (nSPS) is 11.6. The third-order valence-corrected chi connectivity index (χ3v) is 5.86. The summed E-state index contributed by atoms with van der Waals surface area (Å²) in [6.45, 7) is 5.78. The van der Waals surface area contributed by atoms with Gasteiger partial charge in [0.1, 0.15) is 6.07 Å². The van der Waals surface area contributed by atoms with Crippen LogP contribution in [-0.4, -0.2) is 32.0 Å². The summed E-state index contributed by atoms with van der Waals surface area (Å²) in [7, 11) is 0.